The average Bonchev–Trinajstić information content (AvgIpc) is 2.76. The van der Waals surface area contributed by atoms with E-state index in [-0.39, 0.29) is 0 Å². The predicted octanol–water partition coefficient (Wildman–Crippen LogP) is 3.33. The quantitative estimate of drug-likeness (QED) is 0.859. The molecule has 1 saturated carbocycles. The molecule has 0 bridgehead atoms. The fraction of sp³-hybridized carbons (Fsp3) is 0.625. The van der Waals surface area contributed by atoms with Gasteiger partial charge in [-0.3, -0.25) is 0 Å². The lowest BCUT2D eigenvalue weighted by molar-refractivity contribution is 0.226. The highest BCUT2D eigenvalue weighted by Crippen LogP contribution is 2.39. The molecule has 1 N–H and O–H groups in total. The van der Waals surface area contributed by atoms with Crippen molar-refractivity contribution < 1.29 is 4.74 Å². The Bertz CT molecular complexity index is 400. The highest BCUT2D eigenvalue weighted by atomic mass is 16.5. The third-order valence-electron chi connectivity index (χ3n) is 4.50. The van der Waals surface area contributed by atoms with Crippen molar-refractivity contribution in [2.24, 2.45) is 5.92 Å². The van der Waals surface area contributed by atoms with Gasteiger partial charge in [-0.05, 0) is 24.9 Å². The number of likely N-dealkylation sites (N-methyl/N-ethyl adjacent to an activating group) is 1. The van der Waals surface area contributed by atoms with Gasteiger partial charge in [-0.15, -0.1) is 0 Å². The van der Waals surface area contributed by atoms with Crippen molar-refractivity contribution in [3.8, 4) is 5.75 Å². The fourth-order valence-corrected chi connectivity index (χ4v) is 3.26. The van der Waals surface area contributed by atoms with Gasteiger partial charge in [0.1, 0.15) is 5.75 Å². The molecule has 2 nitrogen and oxygen atoms in total. The number of hydrogen-bond donors (Lipinski definition) is 1. The zero-order valence-corrected chi connectivity index (χ0v) is 11.2. The second-order valence-electron chi connectivity index (χ2n) is 5.65. The Balaban J connectivity index is 1.74. The van der Waals surface area contributed by atoms with Crippen molar-refractivity contribution in [2.45, 2.75) is 44.6 Å². The minimum atomic E-state index is 0.543. The van der Waals surface area contributed by atoms with Crippen LogP contribution in [0.2, 0.25) is 0 Å². The summed E-state index contributed by atoms with van der Waals surface area (Å²) >= 11 is 0. The molecule has 1 aromatic rings. The molecule has 1 aliphatic heterocycles. The average molecular weight is 245 g/mol. The summed E-state index contributed by atoms with van der Waals surface area (Å²) in [5.41, 5.74) is 1.41. The van der Waals surface area contributed by atoms with Gasteiger partial charge >= 0.3 is 0 Å². The third-order valence-corrected chi connectivity index (χ3v) is 4.50. The van der Waals surface area contributed by atoms with Crippen molar-refractivity contribution in [1.82, 2.24) is 5.32 Å². The van der Waals surface area contributed by atoms with Crippen LogP contribution in [-0.2, 0) is 0 Å². The third kappa shape index (κ3) is 2.26. The summed E-state index contributed by atoms with van der Waals surface area (Å²) < 4.78 is 5.83. The zero-order valence-electron chi connectivity index (χ0n) is 11.2. The molecular weight excluding hydrogens is 222 g/mol. The molecule has 1 aliphatic carbocycles. The van der Waals surface area contributed by atoms with Crippen LogP contribution < -0.4 is 10.1 Å². The first-order valence-electron chi connectivity index (χ1n) is 7.33. The molecule has 0 saturated heterocycles. The zero-order chi connectivity index (χ0) is 12.4. The van der Waals surface area contributed by atoms with Crippen molar-refractivity contribution in [3.05, 3.63) is 29.8 Å². The van der Waals surface area contributed by atoms with Crippen molar-refractivity contribution in [1.29, 1.82) is 0 Å². The largest absolute Gasteiger partial charge is 0.493 e. The maximum absolute atomic E-state index is 5.83. The first-order chi connectivity index (χ1) is 8.88. The van der Waals surface area contributed by atoms with E-state index in [4.69, 9.17) is 4.74 Å². The highest BCUT2D eigenvalue weighted by molar-refractivity contribution is 5.40. The fourth-order valence-electron chi connectivity index (χ4n) is 3.26. The lowest BCUT2D eigenvalue weighted by atomic mass is 9.77. The molecule has 0 radical (unpaired) electrons. The van der Waals surface area contributed by atoms with Gasteiger partial charge in [0, 0.05) is 17.5 Å². The lowest BCUT2D eigenvalue weighted by Crippen LogP contribution is -2.38. The van der Waals surface area contributed by atoms with Gasteiger partial charge in [-0.25, -0.2) is 0 Å². The van der Waals surface area contributed by atoms with Gasteiger partial charge < -0.3 is 10.1 Å². The minimum Gasteiger partial charge on any atom is -0.493 e. The van der Waals surface area contributed by atoms with E-state index >= 15 is 0 Å². The van der Waals surface area contributed by atoms with E-state index < -0.39 is 0 Å². The number of para-hydroxylation sites is 1. The van der Waals surface area contributed by atoms with Gasteiger partial charge in [0.2, 0.25) is 0 Å². The molecule has 3 rings (SSSR count). The molecule has 18 heavy (non-hydrogen) atoms. The van der Waals surface area contributed by atoms with Crippen LogP contribution >= 0.6 is 0 Å². The van der Waals surface area contributed by atoms with Gasteiger partial charge in [0.25, 0.3) is 0 Å². The number of hydrogen-bond acceptors (Lipinski definition) is 2. The Morgan fingerprint density at radius 2 is 2.17 bits per heavy atom. The molecule has 1 aromatic carbocycles. The van der Waals surface area contributed by atoms with E-state index in [1.54, 1.807) is 0 Å². The molecule has 1 heterocycles. The number of fused-ring (bicyclic) bond motifs is 1. The summed E-state index contributed by atoms with van der Waals surface area (Å²) in [6.07, 6.45) is 5.60. The molecule has 2 unspecified atom stereocenters. The number of rotatable bonds is 5. The van der Waals surface area contributed by atoms with Gasteiger partial charge in [-0.1, -0.05) is 44.4 Å². The Morgan fingerprint density at radius 3 is 2.89 bits per heavy atom. The van der Waals surface area contributed by atoms with Crippen molar-refractivity contribution in [2.75, 3.05) is 13.2 Å². The van der Waals surface area contributed by atoms with Gasteiger partial charge in [0.05, 0.1) is 6.61 Å². The summed E-state index contributed by atoms with van der Waals surface area (Å²) in [7, 11) is 0. The first kappa shape index (κ1) is 12.0. The molecule has 2 atom stereocenters. The monoisotopic (exact) mass is 245 g/mol. The van der Waals surface area contributed by atoms with E-state index in [0.717, 1.165) is 24.8 Å². The van der Waals surface area contributed by atoms with Crippen molar-refractivity contribution >= 4 is 0 Å². The van der Waals surface area contributed by atoms with Crippen LogP contribution in [0.25, 0.3) is 0 Å². The number of benzene rings is 1. The number of ether oxygens (including phenoxy) is 1. The standard InChI is InChI=1S/C16H23NO/c1-2-17-15(10-12-6-5-7-12)14-11-18-16-9-4-3-8-13(14)16/h3-4,8-9,12,14-15,17H,2,5-7,10-11H2,1H3. The molecule has 0 aromatic heterocycles. The molecule has 2 aliphatic rings. The van der Waals surface area contributed by atoms with Gasteiger partial charge in [0.15, 0.2) is 0 Å². The second-order valence-corrected chi connectivity index (χ2v) is 5.65. The van der Waals surface area contributed by atoms with E-state index in [1.165, 1.54) is 31.2 Å². The summed E-state index contributed by atoms with van der Waals surface area (Å²) in [6.45, 7) is 4.11. The number of nitrogens with one attached hydrogen (secondary N) is 1. The molecule has 0 amide bonds. The topological polar surface area (TPSA) is 21.3 Å². The van der Waals surface area contributed by atoms with E-state index in [0.29, 0.717) is 12.0 Å². The van der Waals surface area contributed by atoms with Crippen LogP contribution in [0.15, 0.2) is 24.3 Å². The summed E-state index contributed by atoms with van der Waals surface area (Å²) in [5, 5.41) is 3.68. The SMILES string of the molecule is CCNC(CC1CCC1)C1COc2ccccc21. The first-order valence-corrected chi connectivity index (χ1v) is 7.33. The van der Waals surface area contributed by atoms with Crippen molar-refractivity contribution in [3.63, 3.8) is 0 Å². The van der Waals surface area contributed by atoms with E-state index in [1.807, 2.05) is 0 Å². The molecular formula is C16H23NO. The van der Waals surface area contributed by atoms with E-state index in [9.17, 15) is 0 Å². The Kier molecular flexibility index (Phi) is 3.55. The summed E-state index contributed by atoms with van der Waals surface area (Å²) in [5.74, 6) is 2.59. The maximum atomic E-state index is 5.83. The molecule has 0 spiro atoms. The van der Waals surface area contributed by atoms with Crippen LogP contribution in [0.5, 0.6) is 5.75 Å². The normalized spacial score (nSPS) is 24.2. The maximum Gasteiger partial charge on any atom is 0.122 e. The Hall–Kier alpha value is -1.02. The second kappa shape index (κ2) is 5.31. The Morgan fingerprint density at radius 1 is 1.33 bits per heavy atom. The molecule has 1 fully saturated rings. The van der Waals surface area contributed by atoms with Crippen LogP contribution in [-0.4, -0.2) is 19.2 Å². The highest BCUT2D eigenvalue weighted by Gasteiger charge is 2.33. The molecule has 2 heteroatoms. The van der Waals surface area contributed by atoms with Crippen LogP contribution in [0.3, 0.4) is 0 Å². The van der Waals surface area contributed by atoms with Crippen LogP contribution in [0.4, 0.5) is 0 Å². The summed E-state index contributed by atoms with van der Waals surface area (Å²) in [6, 6.07) is 9.12. The minimum absolute atomic E-state index is 0.543. The lowest BCUT2D eigenvalue weighted by Gasteiger charge is -2.32. The summed E-state index contributed by atoms with van der Waals surface area (Å²) in [4.78, 5) is 0. The molecule has 98 valence electrons. The predicted molar refractivity (Wildman–Crippen MR) is 74.1 cm³/mol. The smallest absolute Gasteiger partial charge is 0.122 e. The van der Waals surface area contributed by atoms with E-state index in [2.05, 4.69) is 36.5 Å². The Labute approximate surface area is 110 Å². The van der Waals surface area contributed by atoms with Crippen LogP contribution in [0, 0.1) is 5.92 Å². The van der Waals surface area contributed by atoms with Gasteiger partial charge in [-0.2, -0.15) is 0 Å². The van der Waals surface area contributed by atoms with Crippen LogP contribution in [0.1, 0.15) is 44.1 Å².